The Morgan fingerprint density at radius 1 is 1.39 bits per heavy atom. The highest BCUT2D eigenvalue weighted by atomic mass is 16.5. The minimum Gasteiger partial charge on any atom is -0.508 e. The zero-order valence-electron chi connectivity index (χ0n) is 11.1. The maximum absolute atomic E-state index is 11.6. The van der Waals surface area contributed by atoms with Crippen molar-refractivity contribution in [1.29, 1.82) is 0 Å². The minimum atomic E-state index is -0.319. The molecule has 0 aromatic heterocycles. The standard InChI is InChI=1S/C15H20O3/c1-4-11(2)10-18-15(17)9-12(3)13-5-7-14(16)8-6-13/h5-9,11,16H,4,10H2,1-3H3. The number of allylic oxidation sites excluding steroid dienone is 1. The molecule has 0 heterocycles. The second-order valence-corrected chi connectivity index (χ2v) is 4.52. The molecule has 3 nitrogen and oxygen atoms in total. The largest absolute Gasteiger partial charge is 0.508 e. The van der Waals surface area contributed by atoms with E-state index in [1.165, 1.54) is 6.08 Å². The first kappa shape index (κ1) is 14.3. The Kier molecular flexibility index (Phi) is 5.43. The van der Waals surface area contributed by atoms with Crippen molar-refractivity contribution in [3.8, 4) is 5.75 Å². The lowest BCUT2D eigenvalue weighted by atomic mass is 10.1. The number of phenols is 1. The molecule has 1 aromatic rings. The zero-order chi connectivity index (χ0) is 13.5. The van der Waals surface area contributed by atoms with Gasteiger partial charge in [-0.25, -0.2) is 4.79 Å². The third kappa shape index (κ3) is 4.62. The van der Waals surface area contributed by atoms with Crippen molar-refractivity contribution >= 4 is 11.5 Å². The van der Waals surface area contributed by atoms with Crippen LogP contribution in [0.2, 0.25) is 0 Å². The lowest BCUT2D eigenvalue weighted by Crippen LogP contribution is -2.09. The zero-order valence-corrected chi connectivity index (χ0v) is 11.1. The topological polar surface area (TPSA) is 46.5 Å². The number of carbonyl (C=O) groups is 1. The SMILES string of the molecule is CCC(C)COC(=O)C=C(C)c1ccc(O)cc1. The first-order chi connectivity index (χ1) is 8.52. The Hall–Kier alpha value is -1.77. The fourth-order valence-corrected chi connectivity index (χ4v) is 1.37. The number of hydrogen-bond donors (Lipinski definition) is 1. The van der Waals surface area contributed by atoms with Crippen LogP contribution in [0.1, 0.15) is 32.8 Å². The molecule has 0 amide bonds. The second-order valence-electron chi connectivity index (χ2n) is 4.52. The maximum Gasteiger partial charge on any atom is 0.331 e. The van der Waals surface area contributed by atoms with E-state index in [0.717, 1.165) is 17.6 Å². The Balaban J connectivity index is 2.60. The van der Waals surface area contributed by atoms with Gasteiger partial charge in [-0.2, -0.15) is 0 Å². The summed E-state index contributed by atoms with van der Waals surface area (Å²) in [6.45, 7) is 6.41. The van der Waals surface area contributed by atoms with Crippen molar-refractivity contribution < 1.29 is 14.6 Å². The molecule has 0 spiro atoms. The summed E-state index contributed by atoms with van der Waals surface area (Å²) in [5.41, 5.74) is 1.72. The van der Waals surface area contributed by atoms with Crippen molar-refractivity contribution in [2.75, 3.05) is 6.61 Å². The lowest BCUT2D eigenvalue weighted by Gasteiger charge is -2.08. The van der Waals surface area contributed by atoms with E-state index in [1.54, 1.807) is 24.3 Å². The Morgan fingerprint density at radius 3 is 2.56 bits per heavy atom. The van der Waals surface area contributed by atoms with Crippen LogP contribution in [0.5, 0.6) is 5.75 Å². The molecule has 1 atom stereocenters. The molecule has 18 heavy (non-hydrogen) atoms. The lowest BCUT2D eigenvalue weighted by molar-refractivity contribution is -0.138. The summed E-state index contributed by atoms with van der Waals surface area (Å²) >= 11 is 0. The molecule has 1 rings (SSSR count). The highest BCUT2D eigenvalue weighted by Crippen LogP contribution is 2.17. The van der Waals surface area contributed by atoms with E-state index in [0.29, 0.717) is 12.5 Å². The van der Waals surface area contributed by atoms with Crippen molar-refractivity contribution in [2.24, 2.45) is 5.92 Å². The van der Waals surface area contributed by atoms with Crippen LogP contribution in [-0.4, -0.2) is 17.7 Å². The Labute approximate surface area is 108 Å². The van der Waals surface area contributed by atoms with Gasteiger partial charge < -0.3 is 9.84 Å². The fraction of sp³-hybridized carbons (Fsp3) is 0.400. The summed E-state index contributed by atoms with van der Waals surface area (Å²) in [6.07, 6.45) is 2.47. The van der Waals surface area contributed by atoms with Gasteiger partial charge in [-0.05, 0) is 36.1 Å². The molecule has 1 unspecified atom stereocenters. The number of carbonyl (C=O) groups excluding carboxylic acids is 1. The van der Waals surface area contributed by atoms with Gasteiger partial charge in [0.25, 0.3) is 0 Å². The van der Waals surface area contributed by atoms with Crippen LogP contribution in [0.15, 0.2) is 30.3 Å². The van der Waals surface area contributed by atoms with E-state index in [9.17, 15) is 9.90 Å². The van der Waals surface area contributed by atoms with E-state index < -0.39 is 0 Å². The number of phenolic OH excluding ortho intramolecular Hbond substituents is 1. The first-order valence-corrected chi connectivity index (χ1v) is 6.17. The molecule has 0 saturated heterocycles. The van der Waals surface area contributed by atoms with Crippen molar-refractivity contribution in [3.63, 3.8) is 0 Å². The average Bonchev–Trinajstić information content (AvgIpc) is 2.36. The summed E-state index contributed by atoms with van der Waals surface area (Å²) in [5.74, 6) is 0.281. The van der Waals surface area contributed by atoms with E-state index >= 15 is 0 Å². The Morgan fingerprint density at radius 2 is 2.00 bits per heavy atom. The number of hydrogen-bond acceptors (Lipinski definition) is 3. The van der Waals surface area contributed by atoms with Gasteiger partial charge in [0.1, 0.15) is 5.75 Å². The fourth-order valence-electron chi connectivity index (χ4n) is 1.37. The number of ether oxygens (including phenoxy) is 1. The normalized spacial score (nSPS) is 13.2. The predicted molar refractivity (Wildman–Crippen MR) is 72.2 cm³/mol. The number of benzene rings is 1. The smallest absolute Gasteiger partial charge is 0.331 e. The van der Waals surface area contributed by atoms with Gasteiger partial charge in [0.2, 0.25) is 0 Å². The summed E-state index contributed by atoms with van der Waals surface area (Å²) in [5, 5.41) is 9.18. The molecule has 0 fully saturated rings. The van der Waals surface area contributed by atoms with Crippen molar-refractivity contribution in [3.05, 3.63) is 35.9 Å². The second kappa shape index (κ2) is 6.84. The van der Waals surface area contributed by atoms with Gasteiger partial charge >= 0.3 is 5.97 Å². The highest BCUT2D eigenvalue weighted by molar-refractivity contribution is 5.90. The van der Waals surface area contributed by atoms with Gasteiger partial charge in [-0.1, -0.05) is 32.4 Å². The van der Waals surface area contributed by atoms with Gasteiger partial charge in [0.15, 0.2) is 0 Å². The van der Waals surface area contributed by atoms with Gasteiger partial charge in [0.05, 0.1) is 6.61 Å². The quantitative estimate of drug-likeness (QED) is 0.641. The first-order valence-electron chi connectivity index (χ1n) is 6.17. The van der Waals surface area contributed by atoms with E-state index in [1.807, 2.05) is 13.8 Å². The highest BCUT2D eigenvalue weighted by Gasteiger charge is 2.05. The van der Waals surface area contributed by atoms with Gasteiger partial charge in [0, 0.05) is 6.08 Å². The van der Waals surface area contributed by atoms with Crippen LogP contribution in [0.25, 0.3) is 5.57 Å². The van der Waals surface area contributed by atoms with Gasteiger partial charge in [-0.15, -0.1) is 0 Å². The van der Waals surface area contributed by atoms with Crippen LogP contribution >= 0.6 is 0 Å². The van der Waals surface area contributed by atoms with Crippen LogP contribution in [0.3, 0.4) is 0 Å². The third-order valence-corrected chi connectivity index (χ3v) is 2.86. The monoisotopic (exact) mass is 248 g/mol. The maximum atomic E-state index is 11.6. The third-order valence-electron chi connectivity index (χ3n) is 2.86. The molecule has 1 N–H and O–H groups in total. The minimum absolute atomic E-state index is 0.214. The average molecular weight is 248 g/mol. The van der Waals surface area contributed by atoms with Crippen LogP contribution in [0.4, 0.5) is 0 Å². The molecule has 0 radical (unpaired) electrons. The molecular formula is C15H20O3. The Bertz CT molecular complexity index is 418. The van der Waals surface area contributed by atoms with Crippen molar-refractivity contribution in [1.82, 2.24) is 0 Å². The van der Waals surface area contributed by atoms with E-state index in [2.05, 4.69) is 6.92 Å². The van der Waals surface area contributed by atoms with Gasteiger partial charge in [-0.3, -0.25) is 0 Å². The van der Waals surface area contributed by atoms with Crippen LogP contribution in [0, 0.1) is 5.92 Å². The molecular weight excluding hydrogens is 228 g/mol. The molecule has 0 bridgehead atoms. The predicted octanol–water partition coefficient (Wildman–Crippen LogP) is 3.38. The summed E-state index contributed by atoms with van der Waals surface area (Å²) in [6, 6.07) is 6.72. The molecule has 0 aliphatic heterocycles. The van der Waals surface area contributed by atoms with E-state index in [-0.39, 0.29) is 11.7 Å². The molecule has 1 aromatic carbocycles. The number of esters is 1. The molecule has 98 valence electrons. The molecule has 0 saturated carbocycles. The van der Waals surface area contributed by atoms with Crippen LogP contribution < -0.4 is 0 Å². The molecule has 0 aliphatic carbocycles. The summed E-state index contributed by atoms with van der Waals surface area (Å²) in [7, 11) is 0. The number of aromatic hydroxyl groups is 1. The number of rotatable bonds is 5. The van der Waals surface area contributed by atoms with E-state index in [4.69, 9.17) is 4.74 Å². The van der Waals surface area contributed by atoms with Crippen LogP contribution in [-0.2, 0) is 9.53 Å². The molecule has 0 aliphatic rings. The molecule has 3 heteroatoms. The summed E-state index contributed by atoms with van der Waals surface area (Å²) in [4.78, 5) is 11.6. The van der Waals surface area contributed by atoms with Crippen molar-refractivity contribution in [2.45, 2.75) is 27.2 Å². The summed E-state index contributed by atoms with van der Waals surface area (Å²) < 4.78 is 5.15.